The highest BCUT2D eigenvalue weighted by atomic mass is 19.1. The van der Waals surface area contributed by atoms with E-state index in [1.165, 1.54) is 12.1 Å². The van der Waals surface area contributed by atoms with Gasteiger partial charge in [-0.2, -0.15) is 0 Å². The molecule has 0 fully saturated rings. The first-order valence-electron chi connectivity index (χ1n) is 6.96. The minimum absolute atomic E-state index is 0.379. The summed E-state index contributed by atoms with van der Waals surface area (Å²) in [6.07, 6.45) is 0. The largest absolute Gasteiger partial charge is 0.248 e. The van der Waals surface area contributed by atoms with Crippen LogP contribution in [0.5, 0.6) is 0 Å². The molecule has 0 radical (unpaired) electrons. The second-order valence-corrected chi connectivity index (χ2v) is 5.18. The fourth-order valence-corrected chi connectivity index (χ4v) is 2.74. The third-order valence-corrected chi connectivity index (χ3v) is 3.78. The summed E-state index contributed by atoms with van der Waals surface area (Å²) in [6, 6.07) is 19.0. The van der Waals surface area contributed by atoms with Gasteiger partial charge >= 0.3 is 0 Å². The molecular weight excluding hydrogens is 280 g/mol. The van der Waals surface area contributed by atoms with Crippen molar-refractivity contribution in [3.8, 4) is 11.1 Å². The van der Waals surface area contributed by atoms with Crippen molar-refractivity contribution in [2.75, 3.05) is 0 Å². The molecule has 0 N–H and O–H groups in total. The average Bonchev–Trinajstić information content (AvgIpc) is 2.53. The van der Waals surface area contributed by atoms with Gasteiger partial charge in [0.25, 0.3) is 0 Å². The summed E-state index contributed by atoms with van der Waals surface area (Å²) >= 11 is 0. The van der Waals surface area contributed by atoms with Crippen LogP contribution < -0.4 is 0 Å². The smallest absolute Gasteiger partial charge is 0.133 e. The Bertz CT molecular complexity index is 1010. The summed E-state index contributed by atoms with van der Waals surface area (Å²) in [7, 11) is 0. The second kappa shape index (κ2) is 4.88. The van der Waals surface area contributed by atoms with Gasteiger partial charge < -0.3 is 0 Å². The summed E-state index contributed by atoms with van der Waals surface area (Å²) in [6.45, 7) is 0. The Kier molecular flexibility index (Phi) is 2.86. The first kappa shape index (κ1) is 12.9. The molecule has 0 amide bonds. The molecule has 0 unspecified atom stereocenters. The Balaban J connectivity index is 2.07. The Morgan fingerprint density at radius 3 is 2.36 bits per heavy atom. The predicted molar refractivity (Wildman–Crippen MR) is 84.6 cm³/mol. The van der Waals surface area contributed by atoms with E-state index >= 15 is 0 Å². The molecule has 1 nitrogen and oxygen atoms in total. The number of rotatable bonds is 1. The van der Waals surface area contributed by atoms with Gasteiger partial charge in [0.1, 0.15) is 11.6 Å². The predicted octanol–water partition coefficient (Wildman–Crippen LogP) is 5.33. The lowest BCUT2D eigenvalue weighted by molar-refractivity contribution is 0.585. The van der Waals surface area contributed by atoms with Crippen LogP contribution in [0.25, 0.3) is 32.9 Å². The summed E-state index contributed by atoms with van der Waals surface area (Å²) in [5.74, 6) is -1.15. The molecule has 1 aromatic heterocycles. The molecule has 0 saturated heterocycles. The van der Waals surface area contributed by atoms with Gasteiger partial charge in [0, 0.05) is 22.4 Å². The maximum absolute atomic E-state index is 14.1. The number of pyridine rings is 1. The van der Waals surface area contributed by atoms with Crippen molar-refractivity contribution in [2.45, 2.75) is 0 Å². The normalized spacial score (nSPS) is 11.2. The third-order valence-electron chi connectivity index (χ3n) is 3.78. The molecule has 3 heteroatoms. The fourth-order valence-electron chi connectivity index (χ4n) is 2.74. The fraction of sp³-hybridized carbons (Fsp3) is 0. The van der Waals surface area contributed by atoms with Gasteiger partial charge in [0.15, 0.2) is 0 Å². The zero-order chi connectivity index (χ0) is 15.1. The van der Waals surface area contributed by atoms with Crippen LogP contribution in [-0.4, -0.2) is 4.98 Å². The van der Waals surface area contributed by atoms with Crippen LogP contribution in [-0.2, 0) is 0 Å². The Morgan fingerprint density at radius 2 is 1.50 bits per heavy atom. The Hall–Kier alpha value is -2.81. The lowest BCUT2D eigenvalue weighted by atomic mass is 9.99. The van der Waals surface area contributed by atoms with Crippen molar-refractivity contribution in [3.63, 3.8) is 0 Å². The number of benzene rings is 3. The van der Waals surface area contributed by atoms with E-state index in [4.69, 9.17) is 0 Å². The Morgan fingerprint density at radius 1 is 0.682 bits per heavy atom. The van der Waals surface area contributed by atoms with Crippen molar-refractivity contribution in [2.24, 2.45) is 0 Å². The molecule has 0 bridgehead atoms. The number of aromatic nitrogens is 1. The van der Waals surface area contributed by atoms with Gasteiger partial charge in [-0.25, -0.2) is 13.8 Å². The molecule has 0 aliphatic rings. The van der Waals surface area contributed by atoms with Crippen LogP contribution in [0.4, 0.5) is 8.78 Å². The number of nitrogens with zero attached hydrogens (tertiary/aromatic N) is 1. The van der Waals surface area contributed by atoms with Gasteiger partial charge in [-0.1, -0.05) is 30.3 Å². The molecule has 3 aromatic carbocycles. The monoisotopic (exact) mass is 291 g/mol. The van der Waals surface area contributed by atoms with E-state index in [0.717, 1.165) is 27.9 Å². The van der Waals surface area contributed by atoms with Crippen molar-refractivity contribution >= 4 is 21.8 Å². The van der Waals surface area contributed by atoms with Gasteiger partial charge in [-0.05, 0) is 35.9 Å². The zero-order valence-electron chi connectivity index (χ0n) is 11.6. The minimum atomic E-state index is -0.579. The van der Waals surface area contributed by atoms with Gasteiger partial charge in [0.05, 0.1) is 11.0 Å². The summed E-state index contributed by atoms with van der Waals surface area (Å²) in [5, 5.41) is 1.84. The standard InChI is InChI=1S/C19H11F2N/c20-13-8-9-15(17(21)11-13)14-5-3-7-19-16(14)10-12-4-1-2-6-18(12)22-19/h1-11H. The van der Waals surface area contributed by atoms with Crippen LogP contribution in [0.15, 0.2) is 66.7 Å². The third kappa shape index (κ3) is 2.02. The molecule has 0 aliphatic heterocycles. The van der Waals surface area contributed by atoms with Crippen LogP contribution >= 0.6 is 0 Å². The van der Waals surface area contributed by atoms with E-state index < -0.39 is 11.6 Å². The molecule has 22 heavy (non-hydrogen) atoms. The molecule has 1 heterocycles. The number of para-hydroxylation sites is 1. The minimum Gasteiger partial charge on any atom is -0.248 e. The lowest BCUT2D eigenvalue weighted by Crippen LogP contribution is -1.89. The van der Waals surface area contributed by atoms with E-state index in [1.807, 2.05) is 48.5 Å². The second-order valence-electron chi connectivity index (χ2n) is 5.18. The number of hydrogen-bond acceptors (Lipinski definition) is 1. The lowest BCUT2D eigenvalue weighted by Gasteiger charge is -2.09. The molecule has 0 atom stereocenters. The van der Waals surface area contributed by atoms with Crippen LogP contribution in [0, 0.1) is 11.6 Å². The highest BCUT2D eigenvalue weighted by Crippen LogP contribution is 2.31. The average molecular weight is 291 g/mol. The molecule has 0 saturated carbocycles. The zero-order valence-corrected chi connectivity index (χ0v) is 11.6. The summed E-state index contributed by atoms with van der Waals surface area (Å²) in [4.78, 5) is 4.61. The van der Waals surface area contributed by atoms with E-state index in [-0.39, 0.29) is 0 Å². The van der Waals surface area contributed by atoms with E-state index in [0.29, 0.717) is 11.1 Å². The molecule has 106 valence electrons. The van der Waals surface area contributed by atoms with E-state index in [1.54, 1.807) is 0 Å². The topological polar surface area (TPSA) is 12.9 Å². The molecule has 4 rings (SSSR count). The Labute approximate surface area is 125 Å². The maximum atomic E-state index is 14.1. The first-order chi connectivity index (χ1) is 10.7. The molecule has 4 aromatic rings. The van der Waals surface area contributed by atoms with Crippen molar-refractivity contribution in [1.29, 1.82) is 0 Å². The van der Waals surface area contributed by atoms with Crippen molar-refractivity contribution < 1.29 is 8.78 Å². The quantitative estimate of drug-likeness (QED) is 0.432. The van der Waals surface area contributed by atoms with E-state index in [2.05, 4.69) is 4.98 Å². The first-order valence-corrected chi connectivity index (χ1v) is 6.96. The van der Waals surface area contributed by atoms with Crippen LogP contribution in [0.1, 0.15) is 0 Å². The van der Waals surface area contributed by atoms with Crippen LogP contribution in [0.3, 0.4) is 0 Å². The molecular formula is C19H11F2N. The number of halogens is 2. The van der Waals surface area contributed by atoms with E-state index in [9.17, 15) is 8.78 Å². The van der Waals surface area contributed by atoms with Gasteiger partial charge in [-0.15, -0.1) is 0 Å². The summed E-state index contributed by atoms with van der Waals surface area (Å²) in [5.41, 5.74) is 2.78. The van der Waals surface area contributed by atoms with Crippen molar-refractivity contribution in [3.05, 3.63) is 78.4 Å². The summed E-state index contributed by atoms with van der Waals surface area (Å²) < 4.78 is 27.3. The van der Waals surface area contributed by atoms with Crippen molar-refractivity contribution in [1.82, 2.24) is 4.98 Å². The van der Waals surface area contributed by atoms with Gasteiger partial charge in [0.2, 0.25) is 0 Å². The number of fused-ring (bicyclic) bond motifs is 2. The SMILES string of the molecule is Fc1ccc(-c2cccc3nc4ccccc4cc23)c(F)c1. The molecule has 0 spiro atoms. The molecule has 0 aliphatic carbocycles. The number of hydrogen-bond donors (Lipinski definition) is 0. The van der Waals surface area contributed by atoms with Crippen LogP contribution in [0.2, 0.25) is 0 Å². The highest BCUT2D eigenvalue weighted by Gasteiger charge is 2.11. The van der Waals surface area contributed by atoms with Gasteiger partial charge in [-0.3, -0.25) is 0 Å². The highest BCUT2D eigenvalue weighted by molar-refractivity contribution is 6.01. The maximum Gasteiger partial charge on any atom is 0.133 e.